The Labute approximate surface area is 65.5 Å². The molecular weight excluding hydrogens is 148 g/mol. The normalized spacial score (nSPS) is 18.9. The first-order valence-corrected chi connectivity index (χ1v) is 3.55. The van der Waals surface area contributed by atoms with Crippen LogP contribution in [-0.2, 0) is 4.79 Å². The number of aliphatic hydroxyl groups excluding tert-OH is 3. The Bertz CT molecular complexity index is 115. The molecule has 0 amide bonds. The molecule has 0 aliphatic rings. The average Bonchev–Trinajstić information content (AvgIpc) is 2.02. The van der Waals surface area contributed by atoms with E-state index in [-0.39, 0.29) is 13.0 Å². The van der Waals surface area contributed by atoms with Gasteiger partial charge in [0.2, 0.25) is 0 Å². The van der Waals surface area contributed by atoms with Gasteiger partial charge in [-0.1, -0.05) is 6.92 Å². The van der Waals surface area contributed by atoms with Gasteiger partial charge in [-0.15, -0.1) is 0 Å². The first kappa shape index (κ1) is 10.6. The third-order valence-corrected chi connectivity index (χ3v) is 1.57. The van der Waals surface area contributed by atoms with E-state index < -0.39 is 18.1 Å². The Morgan fingerprint density at radius 3 is 2.36 bits per heavy atom. The minimum absolute atomic E-state index is 0.0966. The maximum Gasteiger partial charge on any atom is 0.125 e. The van der Waals surface area contributed by atoms with Crippen molar-refractivity contribution in [2.24, 2.45) is 5.92 Å². The molecule has 0 bridgehead atoms. The number of carbonyl (C=O) groups excluding carboxylic acids is 1. The van der Waals surface area contributed by atoms with Crippen molar-refractivity contribution in [3.05, 3.63) is 0 Å². The highest BCUT2D eigenvalue weighted by atomic mass is 16.3. The highest BCUT2D eigenvalue weighted by molar-refractivity contribution is 5.53. The van der Waals surface area contributed by atoms with Gasteiger partial charge in [0.25, 0.3) is 0 Å². The van der Waals surface area contributed by atoms with Crippen molar-refractivity contribution in [3.63, 3.8) is 0 Å². The van der Waals surface area contributed by atoms with Crippen LogP contribution in [0.3, 0.4) is 0 Å². The minimum atomic E-state index is -1.07. The zero-order chi connectivity index (χ0) is 8.85. The lowest BCUT2D eigenvalue weighted by Crippen LogP contribution is -2.33. The fourth-order valence-corrected chi connectivity index (χ4v) is 0.734. The molecule has 0 aliphatic carbocycles. The van der Waals surface area contributed by atoms with Crippen LogP contribution >= 0.6 is 0 Å². The Morgan fingerprint density at radius 1 is 1.45 bits per heavy atom. The molecule has 3 unspecified atom stereocenters. The van der Waals surface area contributed by atoms with E-state index in [1.807, 2.05) is 0 Å². The number of aliphatic hydroxyl groups is 3. The standard InChI is InChI=1S/C7H14O4/c1-5(4-9)7(11)6(10)2-3-8/h4-8,10-11H,2-3H2,1H3. The van der Waals surface area contributed by atoms with Gasteiger partial charge < -0.3 is 20.1 Å². The van der Waals surface area contributed by atoms with E-state index in [0.717, 1.165) is 0 Å². The quantitative estimate of drug-likeness (QED) is 0.450. The van der Waals surface area contributed by atoms with Crippen molar-refractivity contribution in [3.8, 4) is 0 Å². The second kappa shape index (κ2) is 5.23. The van der Waals surface area contributed by atoms with Crippen LogP contribution in [-0.4, -0.2) is 40.4 Å². The predicted octanol–water partition coefficient (Wildman–Crippen LogP) is -1.07. The van der Waals surface area contributed by atoms with Crippen LogP contribution in [0.1, 0.15) is 13.3 Å². The molecule has 0 aromatic rings. The van der Waals surface area contributed by atoms with Crippen molar-refractivity contribution in [2.75, 3.05) is 6.61 Å². The Kier molecular flexibility index (Phi) is 5.02. The Hall–Kier alpha value is -0.450. The molecule has 0 aromatic carbocycles. The Balaban J connectivity index is 3.79. The third-order valence-electron chi connectivity index (χ3n) is 1.57. The first-order valence-electron chi connectivity index (χ1n) is 3.55. The number of hydrogen-bond acceptors (Lipinski definition) is 4. The summed E-state index contributed by atoms with van der Waals surface area (Å²) in [7, 11) is 0. The molecule has 0 saturated heterocycles. The van der Waals surface area contributed by atoms with Gasteiger partial charge in [-0.3, -0.25) is 0 Å². The number of carbonyl (C=O) groups is 1. The maximum absolute atomic E-state index is 10.1. The van der Waals surface area contributed by atoms with Gasteiger partial charge in [0.05, 0.1) is 12.2 Å². The molecule has 11 heavy (non-hydrogen) atoms. The molecule has 0 heterocycles. The van der Waals surface area contributed by atoms with E-state index in [1.54, 1.807) is 0 Å². The van der Waals surface area contributed by atoms with Crippen LogP contribution in [0.15, 0.2) is 0 Å². The molecule has 66 valence electrons. The monoisotopic (exact) mass is 162 g/mol. The molecule has 0 aromatic heterocycles. The molecule has 0 fully saturated rings. The predicted molar refractivity (Wildman–Crippen MR) is 38.9 cm³/mol. The smallest absolute Gasteiger partial charge is 0.125 e. The summed E-state index contributed by atoms with van der Waals surface area (Å²) in [6.45, 7) is 1.32. The average molecular weight is 162 g/mol. The van der Waals surface area contributed by atoms with E-state index in [2.05, 4.69) is 0 Å². The van der Waals surface area contributed by atoms with Crippen molar-refractivity contribution in [2.45, 2.75) is 25.6 Å². The van der Waals surface area contributed by atoms with Gasteiger partial charge in [-0.2, -0.15) is 0 Å². The van der Waals surface area contributed by atoms with Gasteiger partial charge in [0.15, 0.2) is 0 Å². The lowest BCUT2D eigenvalue weighted by atomic mass is 10.00. The van der Waals surface area contributed by atoms with E-state index in [0.29, 0.717) is 6.29 Å². The van der Waals surface area contributed by atoms with Crippen LogP contribution < -0.4 is 0 Å². The molecule has 0 spiro atoms. The maximum atomic E-state index is 10.1. The molecule has 0 rings (SSSR count). The van der Waals surface area contributed by atoms with Crippen LogP contribution in [0.4, 0.5) is 0 Å². The molecule has 0 saturated carbocycles. The number of rotatable bonds is 5. The van der Waals surface area contributed by atoms with Crippen molar-refractivity contribution in [1.82, 2.24) is 0 Å². The summed E-state index contributed by atoms with van der Waals surface area (Å²) in [5, 5.41) is 26.6. The summed E-state index contributed by atoms with van der Waals surface area (Å²) >= 11 is 0. The molecule has 3 atom stereocenters. The van der Waals surface area contributed by atoms with Crippen molar-refractivity contribution >= 4 is 6.29 Å². The van der Waals surface area contributed by atoms with Gasteiger partial charge in [0.1, 0.15) is 6.29 Å². The summed E-state index contributed by atoms with van der Waals surface area (Å²) in [6.07, 6.45) is -1.41. The number of hydrogen-bond donors (Lipinski definition) is 3. The molecule has 0 radical (unpaired) electrons. The first-order chi connectivity index (χ1) is 5.13. The lowest BCUT2D eigenvalue weighted by molar-refractivity contribution is -0.117. The summed E-state index contributed by atoms with van der Waals surface area (Å²) < 4.78 is 0. The minimum Gasteiger partial charge on any atom is -0.396 e. The summed E-state index contributed by atoms with van der Waals surface area (Å²) in [5.74, 6) is -0.587. The fraction of sp³-hybridized carbons (Fsp3) is 0.857. The van der Waals surface area contributed by atoms with E-state index in [4.69, 9.17) is 15.3 Å². The van der Waals surface area contributed by atoms with Crippen molar-refractivity contribution < 1.29 is 20.1 Å². The van der Waals surface area contributed by atoms with Gasteiger partial charge >= 0.3 is 0 Å². The van der Waals surface area contributed by atoms with Crippen LogP contribution in [0.5, 0.6) is 0 Å². The molecular formula is C7H14O4. The Morgan fingerprint density at radius 2 is 2.00 bits per heavy atom. The van der Waals surface area contributed by atoms with Crippen molar-refractivity contribution in [1.29, 1.82) is 0 Å². The molecule has 3 N–H and O–H groups in total. The second-order valence-electron chi connectivity index (χ2n) is 2.57. The molecule has 4 nitrogen and oxygen atoms in total. The molecule has 4 heteroatoms. The summed E-state index contributed by atoms with van der Waals surface area (Å²) in [5.41, 5.74) is 0. The summed E-state index contributed by atoms with van der Waals surface area (Å²) in [6, 6.07) is 0. The highest BCUT2D eigenvalue weighted by Gasteiger charge is 2.21. The van der Waals surface area contributed by atoms with Gasteiger partial charge in [-0.25, -0.2) is 0 Å². The zero-order valence-electron chi connectivity index (χ0n) is 6.47. The third kappa shape index (κ3) is 3.46. The lowest BCUT2D eigenvalue weighted by Gasteiger charge is -2.18. The van der Waals surface area contributed by atoms with E-state index in [9.17, 15) is 4.79 Å². The largest absolute Gasteiger partial charge is 0.396 e. The van der Waals surface area contributed by atoms with Crippen LogP contribution in [0.2, 0.25) is 0 Å². The summed E-state index contributed by atoms with van der Waals surface area (Å²) in [4.78, 5) is 10.1. The molecule has 0 aliphatic heterocycles. The zero-order valence-corrected chi connectivity index (χ0v) is 6.47. The highest BCUT2D eigenvalue weighted by Crippen LogP contribution is 2.07. The SMILES string of the molecule is CC(C=O)C(O)C(O)CCO. The van der Waals surface area contributed by atoms with Gasteiger partial charge in [0, 0.05) is 12.5 Å². The second-order valence-corrected chi connectivity index (χ2v) is 2.57. The van der Waals surface area contributed by atoms with Crippen LogP contribution in [0, 0.1) is 5.92 Å². The van der Waals surface area contributed by atoms with Crippen LogP contribution in [0.25, 0.3) is 0 Å². The number of aldehydes is 1. The van der Waals surface area contributed by atoms with E-state index >= 15 is 0 Å². The topological polar surface area (TPSA) is 77.8 Å². The van der Waals surface area contributed by atoms with E-state index in [1.165, 1.54) is 6.92 Å². The fourth-order valence-electron chi connectivity index (χ4n) is 0.734. The van der Waals surface area contributed by atoms with Gasteiger partial charge in [-0.05, 0) is 6.42 Å².